The molecular weight excluding hydrogens is 408 g/mol. The average Bonchev–Trinajstić information content (AvgIpc) is 3.20. The van der Waals surface area contributed by atoms with Gasteiger partial charge in [0.15, 0.2) is 0 Å². The lowest BCUT2D eigenvalue weighted by Crippen LogP contribution is -2.57. The van der Waals surface area contributed by atoms with Gasteiger partial charge in [-0.3, -0.25) is 0 Å². The standard InChI is InChI=1S/C23H26N6OS/c1-14-26-13-18(31-14)16-6-4-15(5-7-16)8-9-25-22-27-12-17(11-24)21(29-22)28-19-10-20(30)23(19,2)3/h4-7,12-13,19-20,30H,8-10H2,1-3H3,(H2,25,27,28,29)/t19-,20+/m0/s1. The Balaban J connectivity index is 1.36. The van der Waals surface area contributed by atoms with E-state index in [1.165, 1.54) is 22.2 Å². The minimum atomic E-state index is -0.346. The lowest BCUT2D eigenvalue weighted by Gasteiger charge is -2.49. The van der Waals surface area contributed by atoms with E-state index in [0.29, 0.717) is 30.3 Å². The van der Waals surface area contributed by atoms with Crippen LogP contribution in [0.4, 0.5) is 11.8 Å². The fourth-order valence-electron chi connectivity index (χ4n) is 3.62. The quantitative estimate of drug-likeness (QED) is 0.516. The second kappa shape index (κ2) is 8.61. The third-order valence-corrected chi connectivity index (χ3v) is 6.95. The highest BCUT2D eigenvalue weighted by Crippen LogP contribution is 2.42. The second-order valence-electron chi connectivity index (χ2n) is 8.45. The van der Waals surface area contributed by atoms with Gasteiger partial charge < -0.3 is 15.7 Å². The third kappa shape index (κ3) is 4.53. The van der Waals surface area contributed by atoms with Gasteiger partial charge in [0.25, 0.3) is 0 Å². The van der Waals surface area contributed by atoms with Gasteiger partial charge in [-0.15, -0.1) is 11.3 Å². The van der Waals surface area contributed by atoms with Crippen molar-refractivity contribution in [3.63, 3.8) is 0 Å². The van der Waals surface area contributed by atoms with E-state index < -0.39 is 0 Å². The first-order valence-electron chi connectivity index (χ1n) is 10.3. The summed E-state index contributed by atoms with van der Waals surface area (Å²) in [5.74, 6) is 0.991. The van der Waals surface area contributed by atoms with Crippen LogP contribution in [0.5, 0.6) is 0 Å². The van der Waals surface area contributed by atoms with Crippen molar-refractivity contribution in [2.75, 3.05) is 17.2 Å². The summed E-state index contributed by atoms with van der Waals surface area (Å²) in [6.45, 7) is 6.70. The molecular formula is C23H26N6OS. The Kier molecular flexibility index (Phi) is 5.90. The highest BCUT2D eigenvalue weighted by Gasteiger charge is 2.47. The van der Waals surface area contributed by atoms with Crippen molar-refractivity contribution in [2.45, 2.75) is 45.8 Å². The highest BCUT2D eigenvalue weighted by atomic mass is 32.1. The monoisotopic (exact) mass is 434 g/mol. The average molecular weight is 435 g/mol. The summed E-state index contributed by atoms with van der Waals surface area (Å²) in [4.78, 5) is 14.3. The normalized spacial score (nSPS) is 19.3. The molecule has 0 aliphatic heterocycles. The topological polar surface area (TPSA) is 107 Å². The van der Waals surface area contributed by atoms with Crippen LogP contribution >= 0.6 is 11.3 Å². The van der Waals surface area contributed by atoms with Crippen molar-refractivity contribution in [3.05, 3.63) is 52.8 Å². The van der Waals surface area contributed by atoms with Crippen molar-refractivity contribution in [1.29, 1.82) is 5.26 Å². The van der Waals surface area contributed by atoms with Crippen LogP contribution in [0.2, 0.25) is 0 Å². The number of benzene rings is 1. The molecule has 1 aliphatic rings. The number of hydrogen-bond donors (Lipinski definition) is 3. The number of nitrogens with zero attached hydrogens (tertiary/aromatic N) is 4. The molecule has 1 saturated carbocycles. The van der Waals surface area contributed by atoms with Crippen LogP contribution in [0.25, 0.3) is 10.4 Å². The van der Waals surface area contributed by atoms with E-state index >= 15 is 0 Å². The number of aryl methyl sites for hydroxylation is 1. The first-order valence-corrected chi connectivity index (χ1v) is 11.2. The van der Waals surface area contributed by atoms with Crippen LogP contribution in [0.3, 0.4) is 0 Å². The van der Waals surface area contributed by atoms with Crippen molar-refractivity contribution in [2.24, 2.45) is 5.41 Å². The van der Waals surface area contributed by atoms with Gasteiger partial charge in [-0.05, 0) is 30.9 Å². The zero-order valence-corrected chi connectivity index (χ0v) is 18.7. The molecule has 1 aromatic carbocycles. The van der Waals surface area contributed by atoms with E-state index in [1.807, 2.05) is 27.0 Å². The summed E-state index contributed by atoms with van der Waals surface area (Å²) in [7, 11) is 0. The Hall–Kier alpha value is -3.02. The Morgan fingerprint density at radius 2 is 2.00 bits per heavy atom. The molecule has 160 valence electrons. The molecule has 8 heteroatoms. The molecule has 4 rings (SSSR count). The summed E-state index contributed by atoms with van der Waals surface area (Å²) >= 11 is 1.69. The maximum absolute atomic E-state index is 9.96. The van der Waals surface area contributed by atoms with Crippen LogP contribution in [0.15, 0.2) is 36.7 Å². The zero-order valence-electron chi connectivity index (χ0n) is 17.9. The number of aliphatic hydroxyl groups is 1. The van der Waals surface area contributed by atoms with Crippen LogP contribution < -0.4 is 10.6 Å². The van der Waals surface area contributed by atoms with Crippen molar-refractivity contribution < 1.29 is 5.11 Å². The summed E-state index contributed by atoms with van der Waals surface area (Å²) in [6, 6.07) is 10.7. The van der Waals surface area contributed by atoms with Gasteiger partial charge in [0.1, 0.15) is 17.5 Å². The molecule has 7 nitrogen and oxygen atoms in total. The third-order valence-electron chi connectivity index (χ3n) is 5.99. The largest absolute Gasteiger partial charge is 0.392 e. The number of nitrogens with one attached hydrogen (secondary N) is 2. The molecule has 0 saturated heterocycles. The lowest BCUT2D eigenvalue weighted by molar-refractivity contribution is -0.0511. The minimum absolute atomic E-state index is 0.0678. The molecule has 0 spiro atoms. The fraction of sp³-hybridized carbons (Fsp3) is 0.391. The molecule has 0 amide bonds. The molecule has 2 heterocycles. The van der Waals surface area contributed by atoms with Crippen molar-refractivity contribution >= 4 is 23.1 Å². The maximum atomic E-state index is 9.96. The van der Waals surface area contributed by atoms with Gasteiger partial charge in [0, 0.05) is 24.2 Å². The molecule has 0 radical (unpaired) electrons. The van der Waals surface area contributed by atoms with Gasteiger partial charge >= 0.3 is 0 Å². The minimum Gasteiger partial charge on any atom is -0.392 e. The van der Waals surface area contributed by atoms with Gasteiger partial charge in [0.2, 0.25) is 5.95 Å². The van der Waals surface area contributed by atoms with E-state index in [-0.39, 0.29) is 17.6 Å². The number of thiazole rings is 1. The first kappa shape index (κ1) is 21.2. The number of hydrogen-bond acceptors (Lipinski definition) is 8. The molecule has 1 fully saturated rings. The SMILES string of the molecule is Cc1ncc(-c2ccc(CCNc3ncc(C#N)c(N[C@H]4C[C@@H](O)C4(C)C)n3)cc2)s1. The summed E-state index contributed by atoms with van der Waals surface area (Å²) in [6.07, 6.45) is 4.57. The van der Waals surface area contributed by atoms with Gasteiger partial charge in [-0.2, -0.15) is 10.2 Å². The highest BCUT2D eigenvalue weighted by molar-refractivity contribution is 7.15. The molecule has 3 aromatic rings. The van der Waals surface area contributed by atoms with Crippen molar-refractivity contribution in [3.8, 4) is 16.5 Å². The molecule has 1 aliphatic carbocycles. The van der Waals surface area contributed by atoms with Crippen LogP contribution in [-0.4, -0.2) is 38.7 Å². The number of rotatable bonds is 7. The summed E-state index contributed by atoms with van der Waals surface area (Å²) in [5.41, 5.74) is 2.54. The van der Waals surface area contributed by atoms with Gasteiger partial charge in [0.05, 0.1) is 22.2 Å². The predicted molar refractivity (Wildman–Crippen MR) is 123 cm³/mol. The molecule has 2 atom stereocenters. The fourth-order valence-corrected chi connectivity index (χ4v) is 4.40. The molecule has 3 N–H and O–H groups in total. The van der Waals surface area contributed by atoms with Gasteiger partial charge in [-0.1, -0.05) is 38.1 Å². The molecule has 0 bridgehead atoms. The van der Waals surface area contributed by atoms with Crippen LogP contribution in [-0.2, 0) is 6.42 Å². The zero-order chi connectivity index (χ0) is 22.0. The number of aliphatic hydroxyl groups excluding tert-OH is 1. The Labute approximate surface area is 186 Å². The summed E-state index contributed by atoms with van der Waals surface area (Å²) in [5, 5.41) is 27.0. The van der Waals surface area contributed by atoms with Crippen molar-refractivity contribution in [1.82, 2.24) is 15.0 Å². The smallest absolute Gasteiger partial charge is 0.224 e. The Bertz CT molecular complexity index is 1100. The number of aromatic nitrogens is 3. The molecule has 2 aromatic heterocycles. The van der Waals surface area contributed by atoms with E-state index in [0.717, 1.165) is 11.4 Å². The van der Waals surface area contributed by atoms with Gasteiger partial charge in [-0.25, -0.2) is 9.97 Å². The first-order chi connectivity index (χ1) is 14.9. The number of nitriles is 1. The molecule has 31 heavy (non-hydrogen) atoms. The molecule has 0 unspecified atom stereocenters. The maximum Gasteiger partial charge on any atom is 0.224 e. The lowest BCUT2D eigenvalue weighted by atomic mass is 9.64. The Morgan fingerprint density at radius 3 is 2.61 bits per heavy atom. The predicted octanol–water partition coefficient (Wildman–Crippen LogP) is 4.01. The number of anilines is 2. The van der Waals surface area contributed by atoms with Crippen LogP contribution in [0.1, 0.15) is 36.4 Å². The van der Waals surface area contributed by atoms with E-state index in [1.54, 1.807) is 11.3 Å². The van der Waals surface area contributed by atoms with E-state index in [9.17, 15) is 10.4 Å². The summed E-state index contributed by atoms with van der Waals surface area (Å²) < 4.78 is 0. The van der Waals surface area contributed by atoms with E-state index in [4.69, 9.17) is 0 Å². The van der Waals surface area contributed by atoms with E-state index in [2.05, 4.69) is 55.9 Å². The second-order valence-corrected chi connectivity index (χ2v) is 9.69. The Morgan fingerprint density at radius 1 is 1.23 bits per heavy atom. The van der Waals surface area contributed by atoms with Crippen LogP contribution in [0, 0.1) is 23.7 Å².